The van der Waals surface area contributed by atoms with Crippen LogP contribution in [0.5, 0.6) is 0 Å². The number of carbonyl (C=O) groups is 1. The molecule has 0 radical (unpaired) electrons. The van der Waals surface area contributed by atoms with Crippen LogP contribution in [0.1, 0.15) is 15.9 Å². The van der Waals surface area contributed by atoms with Crippen molar-refractivity contribution in [3.05, 3.63) is 49.1 Å². The predicted octanol–water partition coefficient (Wildman–Crippen LogP) is 5.98. The zero-order chi connectivity index (χ0) is 15.8. The molecule has 2 nitrogen and oxygen atoms in total. The Kier molecular flexibility index (Phi) is 4.72. The highest BCUT2D eigenvalue weighted by molar-refractivity contribution is 7.20. The first kappa shape index (κ1) is 16.4. The number of anilines is 1. The molecule has 9 heteroatoms. The smallest absolute Gasteiger partial charge is 0.321 e. The molecule has 0 bridgehead atoms. The number of hydrogen-bond acceptors (Lipinski definition) is 2. The Morgan fingerprint density at radius 1 is 1.14 bits per heavy atom. The molecule has 0 atom stereocenters. The lowest BCUT2D eigenvalue weighted by molar-refractivity contribution is -0.137. The number of hydrogen-bond donors (Lipinski definition) is 1. The van der Waals surface area contributed by atoms with E-state index in [-0.39, 0.29) is 20.6 Å². The molecule has 0 aliphatic heterocycles. The predicted molar refractivity (Wildman–Crippen MR) is 78.7 cm³/mol. The summed E-state index contributed by atoms with van der Waals surface area (Å²) in [5, 5.41) is 2.27. The van der Waals surface area contributed by atoms with Gasteiger partial charge in [-0.2, -0.15) is 13.2 Å². The zero-order valence-electron chi connectivity index (χ0n) is 9.89. The third-order valence-corrected chi connectivity index (χ3v) is 4.26. The first-order chi connectivity index (χ1) is 9.68. The number of thiophene rings is 1. The van der Waals surface area contributed by atoms with Gasteiger partial charge in [-0.1, -0.05) is 34.8 Å². The van der Waals surface area contributed by atoms with Crippen LogP contribution < -0.4 is 5.32 Å². The maximum absolute atomic E-state index is 12.6. The second kappa shape index (κ2) is 6.04. The normalized spacial score (nSPS) is 11.5. The maximum Gasteiger partial charge on any atom is 0.416 e. The van der Waals surface area contributed by atoms with Crippen LogP contribution in [0.4, 0.5) is 18.9 Å². The topological polar surface area (TPSA) is 29.1 Å². The molecule has 21 heavy (non-hydrogen) atoms. The summed E-state index contributed by atoms with van der Waals surface area (Å²) in [6.07, 6.45) is -4.53. The van der Waals surface area contributed by atoms with E-state index in [9.17, 15) is 18.0 Å². The Bertz CT molecular complexity index is 700. The minimum atomic E-state index is -4.53. The van der Waals surface area contributed by atoms with Crippen LogP contribution in [0.2, 0.25) is 13.7 Å². The summed E-state index contributed by atoms with van der Waals surface area (Å²) in [7, 11) is 0. The minimum Gasteiger partial charge on any atom is -0.321 e. The molecule has 1 amide bonds. The number of rotatable bonds is 2. The summed E-state index contributed by atoms with van der Waals surface area (Å²) in [4.78, 5) is 12.0. The van der Waals surface area contributed by atoms with Gasteiger partial charge in [0.05, 0.1) is 26.2 Å². The highest BCUT2D eigenvalue weighted by Gasteiger charge is 2.31. The summed E-state index contributed by atoms with van der Waals surface area (Å²) in [6, 6.07) is 3.96. The van der Waals surface area contributed by atoms with Crippen LogP contribution in [-0.4, -0.2) is 5.91 Å². The van der Waals surface area contributed by atoms with E-state index in [1.807, 2.05) is 0 Å². The number of alkyl halides is 3. The van der Waals surface area contributed by atoms with Crippen LogP contribution in [0, 0.1) is 0 Å². The molecule has 1 aromatic heterocycles. The van der Waals surface area contributed by atoms with E-state index in [4.69, 9.17) is 34.8 Å². The number of halogens is 6. The van der Waals surface area contributed by atoms with Gasteiger partial charge in [-0.15, -0.1) is 11.3 Å². The molecule has 1 heterocycles. The summed E-state index contributed by atoms with van der Waals surface area (Å²) >= 11 is 18.3. The molecule has 2 aromatic rings. The molecular weight excluding hydrogens is 370 g/mol. The van der Waals surface area contributed by atoms with Crippen LogP contribution in [0.3, 0.4) is 0 Å². The van der Waals surface area contributed by atoms with Gasteiger partial charge in [0.2, 0.25) is 0 Å². The van der Waals surface area contributed by atoms with Crippen LogP contribution in [0.25, 0.3) is 0 Å². The molecule has 1 aromatic carbocycles. The van der Waals surface area contributed by atoms with E-state index in [2.05, 4.69) is 5.32 Å². The molecular formula is C12H5Cl3F3NOS. The van der Waals surface area contributed by atoms with Crippen molar-refractivity contribution in [2.24, 2.45) is 0 Å². The van der Waals surface area contributed by atoms with Gasteiger partial charge in [-0.25, -0.2) is 0 Å². The van der Waals surface area contributed by atoms with Crippen LogP contribution in [-0.2, 0) is 6.18 Å². The van der Waals surface area contributed by atoms with Crippen molar-refractivity contribution in [3.8, 4) is 0 Å². The second-order valence-corrected chi connectivity index (χ2v) is 6.58. The van der Waals surface area contributed by atoms with Crippen molar-refractivity contribution in [2.45, 2.75) is 6.18 Å². The number of amides is 1. The largest absolute Gasteiger partial charge is 0.416 e. The van der Waals surface area contributed by atoms with Crippen molar-refractivity contribution in [2.75, 3.05) is 5.32 Å². The van der Waals surface area contributed by atoms with Gasteiger partial charge in [0.1, 0.15) is 4.34 Å². The summed E-state index contributed by atoms with van der Waals surface area (Å²) in [5.41, 5.74) is -1.01. The Labute approximate surface area is 136 Å². The fraction of sp³-hybridized carbons (Fsp3) is 0.0833. The first-order valence-electron chi connectivity index (χ1n) is 5.31. The summed E-state index contributed by atoms with van der Waals surface area (Å²) < 4.78 is 38.3. The van der Waals surface area contributed by atoms with Gasteiger partial charge < -0.3 is 5.32 Å². The maximum atomic E-state index is 12.6. The number of benzene rings is 1. The van der Waals surface area contributed by atoms with Crippen LogP contribution in [0.15, 0.2) is 24.3 Å². The van der Waals surface area contributed by atoms with Crippen molar-refractivity contribution in [1.82, 2.24) is 0 Å². The highest BCUT2D eigenvalue weighted by atomic mass is 35.5. The Morgan fingerprint density at radius 3 is 2.33 bits per heavy atom. The van der Waals surface area contributed by atoms with Crippen LogP contribution >= 0.6 is 46.1 Å². The number of nitrogens with one attached hydrogen (secondary N) is 1. The molecule has 1 N–H and O–H groups in total. The van der Waals surface area contributed by atoms with Crippen molar-refractivity contribution < 1.29 is 18.0 Å². The lowest BCUT2D eigenvalue weighted by Gasteiger charge is -2.11. The molecule has 0 spiro atoms. The molecule has 0 fully saturated rings. The third-order valence-electron chi connectivity index (χ3n) is 2.44. The van der Waals surface area contributed by atoms with Gasteiger partial charge >= 0.3 is 6.18 Å². The van der Waals surface area contributed by atoms with Crippen molar-refractivity contribution in [1.29, 1.82) is 0 Å². The van der Waals surface area contributed by atoms with E-state index in [1.54, 1.807) is 0 Å². The standard InChI is InChI=1S/C12H5Cl3F3NOS/c13-7-2-1-5(12(16,17)18)3-8(7)19-11(20)6-4-9(14)21-10(6)15/h1-4H,(H,19,20). The average Bonchev–Trinajstić information content (AvgIpc) is 2.70. The SMILES string of the molecule is O=C(Nc1cc(C(F)(F)F)ccc1Cl)c1cc(Cl)sc1Cl. The summed E-state index contributed by atoms with van der Waals surface area (Å²) in [6.45, 7) is 0. The fourth-order valence-corrected chi connectivity index (χ4v) is 3.11. The Balaban J connectivity index is 2.31. The molecule has 0 saturated heterocycles. The molecule has 0 aliphatic carbocycles. The molecule has 2 rings (SSSR count). The highest BCUT2D eigenvalue weighted by Crippen LogP contribution is 2.35. The fourth-order valence-electron chi connectivity index (χ4n) is 1.48. The van der Waals surface area contributed by atoms with Crippen molar-refractivity contribution >= 4 is 57.7 Å². The van der Waals surface area contributed by atoms with E-state index >= 15 is 0 Å². The Hall–Kier alpha value is -0.950. The first-order valence-corrected chi connectivity index (χ1v) is 7.26. The Morgan fingerprint density at radius 2 is 1.81 bits per heavy atom. The number of carbonyl (C=O) groups excluding carboxylic acids is 1. The van der Waals surface area contributed by atoms with Crippen molar-refractivity contribution in [3.63, 3.8) is 0 Å². The molecule has 0 saturated carbocycles. The lowest BCUT2D eigenvalue weighted by atomic mass is 10.2. The van der Waals surface area contributed by atoms with Gasteiger partial charge in [0, 0.05) is 0 Å². The molecule has 0 unspecified atom stereocenters. The molecule has 0 aliphatic rings. The zero-order valence-corrected chi connectivity index (χ0v) is 13.0. The van der Waals surface area contributed by atoms with E-state index in [0.717, 1.165) is 29.5 Å². The lowest BCUT2D eigenvalue weighted by Crippen LogP contribution is -2.13. The van der Waals surface area contributed by atoms with Gasteiger partial charge in [-0.3, -0.25) is 4.79 Å². The summed E-state index contributed by atoms with van der Waals surface area (Å²) in [5.74, 6) is -0.690. The molecule has 112 valence electrons. The average molecular weight is 375 g/mol. The minimum absolute atomic E-state index is 0.0196. The second-order valence-electron chi connectivity index (χ2n) is 3.88. The monoisotopic (exact) mass is 373 g/mol. The van der Waals surface area contributed by atoms with Gasteiger partial charge in [0.15, 0.2) is 0 Å². The van der Waals surface area contributed by atoms with E-state index < -0.39 is 17.6 Å². The van der Waals surface area contributed by atoms with E-state index in [1.165, 1.54) is 6.07 Å². The van der Waals surface area contributed by atoms with Gasteiger partial charge in [0.25, 0.3) is 5.91 Å². The van der Waals surface area contributed by atoms with E-state index in [0.29, 0.717) is 4.34 Å². The quantitative estimate of drug-likeness (QED) is 0.688. The van der Waals surface area contributed by atoms with Gasteiger partial charge in [-0.05, 0) is 24.3 Å². The third kappa shape index (κ3) is 3.83.